The minimum absolute atomic E-state index is 0.149. The van der Waals surface area contributed by atoms with Crippen LogP contribution in [-0.4, -0.2) is 25.2 Å². The average molecular weight is 341 g/mol. The Morgan fingerprint density at radius 2 is 1.64 bits per heavy atom. The molecule has 0 bridgehead atoms. The third kappa shape index (κ3) is 5.52. The summed E-state index contributed by atoms with van der Waals surface area (Å²) in [6, 6.07) is 12.0. The van der Waals surface area contributed by atoms with Crippen LogP contribution >= 0.6 is 0 Å². The van der Waals surface area contributed by atoms with Gasteiger partial charge in [-0.3, -0.25) is 4.79 Å². The molecule has 0 aliphatic heterocycles. The molecule has 0 spiro atoms. The maximum atomic E-state index is 12.2. The summed E-state index contributed by atoms with van der Waals surface area (Å²) in [7, 11) is 0. The predicted octanol–water partition coefficient (Wildman–Crippen LogP) is 3.88. The second kappa shape index (κ2) is 8.56. The van der Waals surface area contributed by atoms with Crippen LogP contribution in [0, 0.1) is 27.7 Å². The van der Waals surface area contributed by atoms with Crippen molar-refractivity contribution in [3.05, 3.63) is 58.7 Å². The minimum atomic E-state index is -0.554. The molecule has 0 saturated carbocycles. The quantitative estimate of drug-likeness (QED) is 0.778. The fourth-order valence-corrected chi connectivity index (χ4v) is 2.52. The highest BCUT2D eigenvalue weighted by atomic mass is 16.5. The largest absolute Gasteiger partial charge is 0.491 e. The fraction of sp³-hybridized carbons (Fsp3) is 0.381. The third-order valence-corrected chi connectivity index (χ3v) is 4.01. The van der Waals surface area contributed by atoms with Gasteiger partial charge in [0.05, 0.1) is 6.54 Å². The number of nitrogens with one attached hydrogen (secondary N) is 1. The molecule has 0 heterocycles. The van der Waals surface area contributed by atoms with E-state index in [4.69, 9.17) is 9.47 Å². The van der Waals surface area contributed by atoms with Crippen LogP contribution in [0.25, 0.3) is 0 Å². The van der Waals surface area contributed by atoms with Gasteiger partial charge in [0.1, 0.15) is 18.1 Å². The van der Waals surface area contributed by atoms with Crippen LogP contribution in [0.1, 0.15) is 29.2 Å². The lowest BCUT2D eigenvalue weighted by Gasteiger charge is -2.17. The molecule has 0 aromatic heterocycles. The van der Waals surface area contributed by atoms with Gasteiger partial charge in [0.25, 0.3) is 5.91 Å². The topological polar surface area (TPSA) is 47.6 Å². The van der Waals surface area contributed by atoms with Crippen molar-refractivity contribution in [3.63, 3.8) is 0 Å². The number of hydrogen-bond donors (Lipinski definition) is 1. The van der Waals surface area contributed by atoms with Gasteiger partial charge < -0.3 is 14.8 Å². The predicted molar refractivity (Wildman–Crippen MR) is 100 cm³/mol. The van der Waals surface area contributed by atoms with Crippen molar-refractivity contribution in [1.82, 2.24) is 5.32 Å². The van der Waals surface area contributed by atoms with E-state index in [0.29, 0.717) is 13.2 Å². The summed E-state index contributed by atoms with van der Waals surface area (Å²) in [5.74, 6) is 1.44. The molecule has 2 rings (SSSR count). The zero-order valence-electron chi connectivity index (χ0n) is 15.7. The van der Waals surface area contributed by atoms with Crippen LogP contribution in [-0.2, 0) is 4.79 Å². The van der Waals surface area contributed by atoms with Gasteiger partial charge in [0, 0.05) is 0 Å². The van der Waals surface area contributed by atoms with Crippen molar-refractivity contribution in [1.29, 1.82) is 0 Å². The van der Waals surface area contributed by atoms with E-state index in [2.05, 4.69) is 11.4 Å². The van der Waals surface area contributed by atoms with Crippen molar-refractivity contribution >= 4 is 5.91 Å². The summed E-state index contributed by atoms with van der Waals surface area (Å²) in [5, 5.41) is 2.85. The molecule has 2 aromatic rings. The summed E-state index contributed by atoms with van der Waals surface area (Å²) in [6.07, 6.45) is -0.554. The number of hydrogen-bond acceptors (Lipinski definition) is 3. The van der Waals surface area contributed by atoms with E-state index in [1.165, 1.54) is 5.56 Å². The Kier molecular flexibility index (Phi) is 6.45. The molecule has 1 atom stereocenters. The number of carbonyl (C=O) groups excluding carboxylic acids is 1. The summed E-state index contributed by atoms with van der Waals surface area (Å²) >= 11 is 0. The Morgan fingerprint density at radius 3 is 2.36 bits per heavy atom. The average Bonchev–Trinajstić information content (AvgIpc) is 2.56. The Hall–Kier alpha value is -2.49. The first-order valence-corrected chi connectivity index (χ1v) is 8.58. The molecule has 1 amide bonds. The van der Waals surface area contributed by atoms with Crippen LogP contribution in [0.5, 0.6) is 11.5 Å². The van der Waals surface area contributed by atoms with Gasteiger partial charge in [-0.2, -0.15) is 0 Å². The maximum absolute atomic E-state index is 12.2. The van der Waals surface area contributed by atoms with Crippen LogP contribution in [0.15, 0.2) is 36.4 Å². The molecule has 0 radical (unpaired) electrons. The molecule has 134 valence electrons. The zero-order chi connectivity index (χ0) is 18.4. The standard InChI is InChI=1S/C21H27NO3/c1-14-7-9-19(17(4)12-14)25-18(5)21(23)22-10-11-24-20-13-15(2)6-8-16(20)3/h6-9,12-13,18H,10-11H2,1-5H3,(H,22,23). The monoisotopic (exact) mass is 341 g/mol. The molecule has 0 aliphatic rings. The SMILES string of the molecule is Cc1ccc(OC(C)C(=O)NCCOc2cc(C)ccc2C)c(C)c1. The Bertz CT molecular complexity index is 740. The fourth-order valence-electron chi connectivity index (χ4n) is 2.52. The van der Waals surface area contributed by atoms with Crippen molar-refractivity contribution in [2.24, 2.45) is 0 Å². The number of aryl methyl sites for hydroxylation is 4. The first-order chi connectivity index (χ1) is 11.9. The van der Waals surface area contributed by atoms with Gasteiger partial charge in [-0.1, -0.05) is 29.8 Å². The smallest absolute Gasteiger partial charge is 0.260 e. The van der Waals surface area contributed by atoms with E-state index < -0.39 is 6.10 Å². The number of rotatable bonds is 7. The molecule has 4 heteroatoms. The highest BCUT2D eigenvalue weighted by Crippen LogP contribution is 2.20. The van der Waals surface area contributed by atoms with Crippen molar-refractivity contribution in [2.75, 3.05) is 13.2 Å². The first-order valence-electron chi connectivity index (χ1n) is 8.58. The van der Waals surface area contributed by atoms with Gasteiger partial charge >= 0.3 is 0 Å². The molecule has 0 fully saturated rings. The minimum Gasteiger partial charge on any atom is -0.491 e. The summed E-state index contributed by atoms with van der Waals surface area (Å²) in [4.78, 5) is 12.2. The van der Waals surface area contributed by atoms with Gasteiger partial charge in [-0.25, -0.2) is 0 Å². The lowest BCUT2D eigenvalue weighted by molar-refractivity contribution is -0.127. The zero-order valence-corrected chi connectivity index (χ0v) is 15.7. The molecule has 4 nitrogen and oxygen atoms in total. The van der Waals surface area contributed by atoms with E-state index >= 15 is 0 Å². The van der Waals surface area contributed by atoms with E-state index in [1.807, 2.05) is 58.0 Å². The van der Waals surface area contributed by atoms with E-state index in [0.717, 1.165) is 28.2 Å². The molecule has 1 N–H and O–H groups in total. The highest BCUT2D eigenvalue weighted by Gasteiger charge is 2.15. The van der Waals surface area contributed by atoms with Gasteiger partial charge in [0.2, 0.25) is 0 Å². The van der Waals surface area contributed by atoms with Crippen molar-refractivity contribution in [3.8, 4) is 11.5 Å². The van der Waals surface area contributed by atoms with E-state index in [-0.39, 0.29) is 5.91 Å². The number of amides is 1. The normalized spacial score (nSPS) is 11.7. The van der Waals surface area contributed by atoms with E-state index in [9.17, 15) is 4.79 Å². The third-order valence-electron chi connectivity index (χ3n) is 4.01. The highest BCUT2D eigenvalue weighted by molar-refractivity contribution is 5.80. The van der Waals surface area contributed by atoms with Crippen LogP contribution in [0.4, 0.5) is 0 Å². The lowest BCUT2D eigenvalue weighted by Crippen LogP contribution is -2.38. The second-order valence-corrected chi connectivity index (χ2v) is 6.44. The number of ether oxygens (including phenoxy) is 2. The molecule has 2 aromatic carbocycles. The van der Waals surface area contributed by atoms with E-state index in [1.54, 1.807) is 6.92 Å². The van der Waals surface area contributed by atoms with Gasteiger partial charge in [-0.15, -0.1) is 0 Å². The van der Waals surface area contributed by atoms with Crippen molar-refractivity contribution < 1.29 is 14.3 Å². The summed E-state index contributed by atoms with van der Waals surface area (Å²) in [5.41, 5.74) is 4.44. The van der Waals surface area contributed by atoms with Gasteiger partial charge in [0.15, 0.2) is 6.10 Å². The molecule has 25 heavy (non-hydrogen) atoms. The first kappa shape index (κ1) is 18.8. The molecule has 0 aliphatic carbocycles. The number of carbonyl (C=O) groups is 1. The van der Waals surface area contributed by atoms with Gasteiger partial charge in [-0.05, 0) is 63.4 Å². The Morgan fingerprint density at radius 1 is 0.960 bits per heavy atom. The second-order valence-electron chi connectivity index (χ2n) is 6.44. The molecular formula is C21H27NO3. The van der Waals surface area contributed by atoms with Crippen molar-refractivity contribution in [2.45, 2.75) is 40.7 Å². The number of benzene rings is 2. The molecule has 0 saturated heterocycles. The Labute approximate surface area is 150 Å². The lowest BCUT2D eigenvalue weighted by atomic mass is 10.1. The Balaban J connectivity index is 1.78. The van der Waals surface area contributed by atoms with Crippen LogP contribution in [0.2, 0.25) is 0 Å². The maximum Gasteiger partial charge on any atom is 0.260 e. The van der Waals surface area contributed by atoms with Crippen LogP contribution < -0.4 is 14.8 Å². The summed E-state index contributed by atoms with van der Waals surface area (Å²) < 4.78 is 11.5. The van der Waals surface area contributed by atoms with Crippen LogP contribution in [0.3, 0.4) is 0 Å². The molecule has 1 unspecified atom stereocenters. The summed E-state index contributed by atoms with van der Waals surface area (Å²) in [6.45, 7) is 10.7. The molecular weight excluding hydrogens is 314 g/mol.